The number of urea groups is 1. The van der Waals surface area contributed by atoms with E-state index in [0.717, 1.165) is 119 Å². The van der Waals surface area contributed by atoms with Gasteiger partial charge in [-0.3, -0.25) is 0 Å². The molecule has 11 nitrogen and oxygen atoms in total. The van der Waals surface area contributed by atoms with E-state index in [9.17, 15) is 4.79 Å². The highest BCUT2D eigenvalue weighted by atomic mass is 128. The Morgan fingerprint density at radius 1 is 0.538 bits per heavy atom. The number of rotatable bonds is 1. The fourth-order valence-corrected chi connectivity index (χ4v) is 22.8. The average Bonchev–Trinajstić information content (AvgIpc) is 3.22. The van der Waals surface area contributed by atoms with E-state index in [-0.39, 0.29) is 17.6 Å². The summed E-state index contributed by atoms with van der Waals surface area (Å²) in [5.74, 6) is 10.0. The van der Waals surface area contributed by atoms with Gasteiger partial charge in [0.05, 0.1) is 25.4 Å². The zero-order valence-electron chi connectivity index (χ0n) is 50.8. The molecule has 0 bridgehead atoms. The zero-order valence-corrected chi connectivity index (χ0v) is 55.1. The first kappa shape index (κ1) is 60.1. The fraction of sp³-hybridized carbons (Fsp3) is 0.985. The summed E-state index contributed by atoms with van der Waals surface area (Å²) in [7, 11) is 4.30. The molecular formula is C65H112I2N6O5. The molecule has 6 aliphatic heterocycles. The summed E-state index contributed by atoms with van der Waals surface area (Å²) in [6, 6.07) is 0.998. The van der Waals surface area contributed by atoms with Crippen LogP contribution in [-0.2, 0) is 18.9 Å². The van der Waals surface area contributed by atoms with Crippen molar-refractivity contribution in [2.45, 2.75) is 220 Å². The van der Waals surface area contributed by atoms with Gasteiger partial charge in [0.15, 0.2) is 11.6 Å². The number of hydrogen-bond acceptors (Lipinski definition) is 9. The van der Waals surface area contributed by atoms with E-state index >= 15 is 0 Å². The Kier molecular flexibility index (Phi) is 18.2. The lowest BCUT2D eigenvalue weighted by molar-refractivity contribution is -0.273. The Hall–Kier alpha value is 0.410. The summed E-state index contributed by atoms with van der Waals surface area (Å²) < 4.78 is 26.9. The molecule has 0 aromatic rings. The first-order valence-corrected chi connectivity index (χ1v) is 39.2. The molecule has 0 aromatic heterocycles. The number of halogens is 2. The van der Waals surface area contributed by atoms with E-state index in [2.05, 4.69) is 127 Å². The van der Waals surface area contributed by atoms with Crippen LogP contribution in [0.1, 0.15) is 184 Å². The van der Waals surface area contributed by atoms with Crippen LogP contribution in [0.25, 0.3) is 0 Å². The molecule has 2 amide bonds. The van der Waals surface area contributed by atoms with Crippen molar-refractivity contribution in [3.05, 3.63) is 0 Å². The number of fused-ring (bicyclic) bond motifs is 14. The third-order valence-corrected chi connectivity index (χ3v) is 27.4. The lowest BCUT2D eigenvalue weighted by atomic mass is 9.44. The van der Waals surface area contributed by atoms with Gasteiger partial charge in [0.25, 0.3) is 0 Å². The molecule has 8 saturated carbocycles. The van der Waals surface area contributed by atoms with Crippen molar-refractivity contribution in [2.75, 3.05) is 79.7 Å². The van der Waals surface area contributed by atoms with E-state index in [1.165, 1.54) is 122 Å². The average molecular weight is 1310 g/mol. The topological polar surface area (TPSA) is 114 Å². The summed E-state index contributed by atoms with van der Waals surface area (Å²) >= 11 is 4.24. The summed E-state index contributed by atoms with van der Waals surface area (Å²) in [4.78, 5) is 19.7. The monoisotopic (exact) mass is 1310 g/mol. The van der Waals surface area contributed by atoms with E-state index in [4.69, 9.17) is 24.7 Å². The molecular weight excluding hydrogens is 1200 g/mol. The maximum atomic E-state index is 13.0. The van der Waals surface area contributed by atoms with Gasteiger partial charge in [-0.2, -0.15) is 0 Å². The third-order valence-electron chi connectivity index (χ3n) is 27.4. The molecule has 4 N–H and O–H groups in total. The SMILES string of the molecule is CN1CCNCC1.C[C@H]1CC[C@@]2(OC1)O[C@H]1C[C@H]3[C@@H]4CC[C@@H]5C[C@H](N)CC[C@]5(C)[C@H]4CC[C@]3(C)[C@H]1[C@@H]2C.C[C@H]1CC[C@@]2(OC1)O[C@H]1C[C@H]3[C@@H]4CC[C@@H]5C[C@H](NC(=O)N6CCN(C)CC6)CC[C@]5(C)[C@H]4CC[C@]3(C)[C@H]1[C@@H]2C.II. The van der Waals surface area contributed by atoms with E-state index < -0.39 is 0 Å². The minimum absolute atomic E-state index is 0.180. The molecule has 0 radical (unpaired) electrons. The van der Waals surface area contributed by atoms with Crippen molar-refractivity contribution in [1.82, 2.24) is 25.3 Å². The standard InChI is InChI=1S/C33H55N3O3.C27H45NO2.C5H12N2.I2/c1-21-8-13-33(38-20-21)22(2)29-28(39-33)19-27-25-7-6-23-18-24(34-30(37)36-16-14-35(5)15-17-36)9-11-31(23,3)26(25)10-12-32(27,29)4;1-16-7-12-27(29-15-16)17(2)24-23(30-27)14-22-20-6-5-18-13-19(28)8-10-25(18,3)21(20)9-11-26(22,24)4;1-7-4-2-6-3-5-7;1-2/h21-29H,6-20H2,1-5H3,(H,34,37);16-24H,5-15,28H2,1-4H3;6H,2-5H2,1H3;/t21-,22-,23+,24+,25+,26-,27-,28-,29-,31-,32-,33+;16-,17-,18+,19+,20+,21-,22-,23-,24-,25-,26-,27+;;/m00../s1. The highest BCUT2D eigenvalue weighted by Gasteiger charge is 2.71. The first-order valence-electron chi connectivity index (χ1n) is 33.0. The number of nitrogens with one attached hydrogen (secondary N) is 2. The van der Waals surface area contributed by atoms with Gasteiger partial charge in [0.2, 0.25) is 0 Å². The van der Waals surface area contributed by atoms with Crippen molar-refractivity contribution in [2.24, 2.45) is 110 Å². The number of nitrogens with two attached hydrogens (primary N) is 1. The summed E-state index contributed by atoms with van der Waals surface area (Å²) in [6.07, 6.45) is 26.8. The van der Waals surface area contributed by atoms with E-state index in [0.29, 0.717) is 81.5 Å². The van der Waals surface area contributed by atoms with Crippen molar-refractivity contribution < 1.29 is 23.7 Å². The molecule has 14 aliphatic rings. The van der Waals surface area contributed by atoms with Crippen LogP contribution in [0.3, 0.4) is 0 Å². The van der Waals surface area contributed by atoms with Gasteiger partial charge < -0.3 is 50.0 Å². The zero-order chi connectivity index (χ0) is 55.2. The maximum Gasteiger partial charge on any atom is 0.317 e. The number of nitrogens with zero attached hydrogens (tertiary/aromatic N) is 3. The maximum absolute atomic E-state index is 13.0. The summed E-state index contributed by atoms with van der Waals surface area (Å²) in [5.41, 5.74) is 8.24. The quantitative estimate of drug-likeness (QED) is 0.221. The number of likely N-dealkylation sites (N-methyl/N-ethyl adjacent to an activating group) is 2. The number of ether oxygens (including phenoxy) is 4. The van der Waals surface area contributed by atoms with Gasteiger partial charge in [-0.25, -0.2) is 4.79 Å². The lowest BCUT2D eigenvalue weighted by Gasteiger charge is -2.61. The van der Waals surface area contributed by atoms with Gasteiger partial charge >= 0.3 is 6.03 Å². The van der Waals surface area contributed by atoms with Gasteiger partial charge in [-0.05, 0) is 222 Å². The van der Waals surface area contributed by atoms with Crippen LogP contribution < -0.4 is 16.4 Å². The lowest BCUT2D eigenvalue weighted by Crippen LogP contribution is -2.57. The molecule has 8 aliphatic carbocycles. The van der Waals surface area contributed by atoms with Crippen LogP contribution in [0.5, 0.6) is 0 Å². The number of amides is 2. The van der Waals surface area contributed by atoms with Crippen LogP contribution in [-0.4, -0.2) is 136 Å². The Morgan fingerprint density at radius 2 is 1.00 bits per heavy atom. The molecule has 0 unspecified atom stereocenters. The molecule has 24 atom stereocenters. The predicted molar refractivity (Wildman–Crippen MR) is 331 cm³/mol. The molecule has 6 heterocycles. The molecule has 14 fully saturated rings. The van der Waals surface area contributed by atoms with Crippen LogP contribution in [0.2, 0.25) is 0 Å². The Labute approximate surface area is 498 Å². The molecule has 6 saturated heterocycles. The highest BCUT2D eigenvalue weighted by molar-refractivity contribution is 15.0. The van der Waals surface area contributed by atoms with Gasteiger partial charge in [0, 0.05) is 126 Å². The second kappa shape index (κ2) is 23.6. The molecule has 78 heavy (non-hydrogen) atoms. The Morgan fingerprint density at radius 3 is 1.46 bits per heavy atom. The molecule has 2 spiro atoms. The van der Waals surface area contributed by atoms with Crippen LogP contribution >= 0.6 is 37.2 Å². The Balaban J connectivity index is 0.000000146. The normalized spacial score (nSPS) is 53.2. The number of carbonyl (C=O) groups is 1. The molecule has 446 valence electrons. The largest absolute Gasteiger partial charge is 0.349 e. The van der Waals surface area contributed by atoms with Crippen LogP contribution in [0.15, 0.2) is 0 Å². The third kappa shape index (κ3) is 10.6. The van der Waals surface area contributed by atoms with Crippen molar-refractivity contribution in [1.29, 1.82) is 0 Å². The predicted octanol–water partition coefficient (Wildman–Crippen LogP) is 12.8. The van der Waals surface area contributed by atoms with Crippen LogP contribution in [0.4, 0.5) is 4.79 Å². The van der Waals surface area contributed by atoms with Crippen molar-refractivity contribution in [3.8, 4) is 0 Å². The minimum Gasteiger partial charge on any atom is -0.349 e. The van der Waals surface area contributed by atoms with E-state index in [1.54, 1.807) is 0 Å². The first-order chi connectivity index (χ1) is 37.3. The second-order valence-corrected chi connectivity index (χ2v) is 31.1. The van der Waals surface area contributed by atoms with Gasteiger partial charge in [-0.15, -0.1) is 0 Å². The second-order valence-electron chi connectivity index (χ2n) is 31.1. The number of hydrogen-bond donors (Lipinski definition) is 3. The van der Waals surface area contributed by atoms with Crippen molar-refractivity contribution >= 4 is 43.3 Å². The summed E-state index contributed by atoms with van der Waals surface area (Å²) in [5, 5.41) is 6.74. The molecule has 14 rings (SSSR count). The van der Waals surface area contributed by atoms with Gasteiger partial charge in [0.1, 0.15) is 0 Å². The smallest absolute Gasteiger partial charge is 0.317 e. The van der Waals surface area contributed by atoms with Crippen LogP contribution in [0, 0.1) is 105 Å². The highest BCUT2D eigenvalue weighted by Crippen LogP contribution is 2.73. The molecule has 13 heteroatoms. The van der Waals surface area contributed by atoms with E-state index in [1.807, 2.05) is 4.90 Å². The summed E-state index contributed by atoms with van der Waals surface area (Å²) in [6.45, 7) is 30.4. The minimum atomic E-state index is -0.302. The fourth-order valence-electron chi connectivity index (χ4n) is 22.8. The number of carbonyl (C=O) groups excluding carboxylic acids is 1. The van der Waals surface area contributed by atoms with Crippen molar-refractivity contribution in [3.63, 3.8) is 0 Å². The Bertz CT molecular complexity index is 2050. The number of piperazine rings is 2. The van der Waals surface area contributed by atoms with Gasteiger partial charge in [-0.1, -0.05) is 55.4 Å². The molecule has 0 aromatic carbocycles.